The van der Waals surface area contributed by atoms with E-state index in [-0.39, 0.29) is 0 Å². The zero-order valence-corrected chi connectivity index (χ0v) is 12.8. The molecule has 2 aromatic rings. The molecule has 0 amide bonds. The number of aryl methyl sites for hydroxylation is 2. The Hall–Kier alpha value is -1.71. The Kier molecular flexibility index (Phi) is 4.32. The van der Waals surface area contributed by atoms with Gasteiger partial charge < -0.3 is 4.74 Å². The number of hydrogen-bond donors (Lipinski definition) is 0. The van der Waals surface area contributed by atoms with Crippen LogP contribution in [-0.4, -0.2) is 36.2 Å². The maximum absolute atomic E-state index is 5.40. The van der Waals surface area contributed by atoms with Gasteiger partial charge in [-0.2, -0.15) is 0 Å². The number of aromatic nitrogens is 1. The molecule has 0 saturated carbocycles. The summed E-state index contributed by atoms with van der Waals surface area (Å²) in [5.74, 6) is 0. The van der Waals surface area contributed by atoms with Gasteiger partial charge in [-0.15, -0.1) is 0 Å². The predicted octanol–water partition coefficient (Wildman–Crippen LogP) is 3.20. The van der Waals surface area contributed by atoms with Crippen LogP contribution in [0.4, 0.5) is 0 Å². The van der Waals surface area contributed by atoms with E-state index >= 15 is 0 Å². The van der Waals surface area contributed by atoms with E-state index in [2.05, 4.69) is 48.0 Å². The molecule has 1 saturated heterocycles. The van der Waals surface area contributed by atoms with E-state index in [9.17, 15) is 0 Å². The zero-order valence-electron chi connectivity index (χ0n) is 12.8. The van der Waals surface area contributed by atoms with Gasteiger partial charge in [0, 0.05) is 37.6 Å². The minimum Gasteiger partial charge on any atom is -0.379 e. The molecule has 1 aliphatic rings. The minimum atomic E-state index is 0.837. The van der Waals surface area contributed by atoms with E-state index in [1.54, 1.807) is 0 Å². The fourth-order valence-corrected chi connectivity index (χ4v) is 2.79. The van der Waals surface area contributed by atoms with E-state index in [0.29, 0.717) is 0 Å². The van der Waals surface area contributed by atoms with Crippen molar-refractivity contribution in [3.8, 4) is 11.1 Å². The summed E-state index contributed by atoms with van der Waals surface area (Å²) in [6.07, 6.45) is 3.94. The van der Waals surface area contributed by atoms with Crippen molar-refractivity contribution in [2.24, 2.45) is 0 Å². The molecule has 21 heavy (non-hydrogen) atoms. The lowest BCUT2D eigenvalue weighted by Crippen LogP contribution is -2.35. The Morgan fingerprint density at radius 3 is 2.71 bits per heavy atom. The Bertz CT molecular complexity index is 618. The van der Waals surface area contributed by atoms with E-state index in [1.165, 1.54) is 27.8 Å². The van der Waals surface area contributed by atoms with Crippen LogP contribution in [-0.2, 0) is 11.3 Å². The average molecular weight is 282 g/mol. The topological polar surface area (TPSA) is 25.4 Å². The molecule has 1 aliphatic heterocycles. The summed E-state index contributed by atoms with van der Waals surface area (Å²) in [5, 5.41) is 0. The van der Waals surface area contributed by atoms with E-state index < -0.39 is 0 Å². The van der Waals surface area contributed by atoms with Crippen molar-refractivity contribution in [3.05, 3.63) is 53.3 Å². The fraction of sp³-hybridized carbons (Fsp3) is 0.389. The molecule has 0 unspecified atom stereocenters. The molecule has 2 heterocycles. The molecule has 0 N–H and O–H groups in total. The second kappa shape index (κ2) is 6.37. The molecule has 0 spiro atoms. The largest absolute Gasteiger partial charge is 0.379 e. The van der Waals surface area contributed by atoms with Crippen LogP contribution in [0.1, 0.15) is 16.7 Å². The average Bonchev–Trinajstić information content (AvgIpc) is 2.51. The van der Waals surface area contributed by atoms with Gasteiger partial charge in [-0.05, 0) is 36.6 Å². The van der Waals surface area contributed by atoms with Crippen LogP contribution in [0.15, 0.2) is 36.7 Å². The number of rotatable bonds is 3. The van der Waals surface area contributed by atoms with Crippen molar-refractivity contribution in [3.63, 3.8) is 0 Å². The van der Waals surface area contributed by atoms with Gasteiger partial charge >= 0.3 is 0 Å². The first-order valence-corrected chi connectivity index (χ1v) is 7.54. The number of ether oxygens (including phenoxy) is 1. The molecular weight excluding hydrogens is 260 g/mol. The van der Waals surface area contributed by atoms with Gasteiger partial charge in [-0.1, -0.05) is 23.8 Å². The van der Waals surface area contributed by atoms with Crippen LogP contribution in [0.2, 0.25) is 0 Å². The third kappa shape index (κ3) is 3.49. The highest BCUT2D eigenvalue weighted by Crippen LogP contribution is 2.25. The summed E-state index contributed by atoms with van der Waals surface area (Å²) >= 11 is 0. The summed E-state index contributed by atoms with van der Waals surface area (Å²) in [4.78, 5) is 6.86. The highest BCUT2D eigenvalue weighted by Gasteiger charge is 2.11. The molecule has 0 atom stereocenters. The van der Waals surface area contributed by atoms with Crippen LogP contribution in [0.5, 0.6) is 0 Å². The molecule has 0 radical (unpaired) electrons. The van der Waals surface area contributed by atoms with Gasteiger partial charge in [0.25, 0.3) is 0 Å². The lowest BCUT2D eigenvalue weighted by Gasteiger charge is -2.26. The van der Waals surface area contributed by atoms with Crippen LogP contribution < -0.4 is 0 Å². The van der Waals surface area contributed by atoms with Crippen LogP contribution in [0.3, 0.4) is 0 Å². The standard InChI is InChI=1S/C18H22N2O/c1-14-3-4-15(2)18(9-14)17-10-16(11-19-12-17)13-20-5-7-21-8-6-20/h3-4,9-12H,5-8,13H2,1-2H3. The SMILES string of the molecule is Cc1ccc(C)c(-c2cncc(CN3CCOCC3)c2)c1. The molecule has 3 nitrogen and oxygen atoms in total. The summed E-state index contributed by atoms with van der Waals surface area (Å²) in [6, 6.07) is 8.85. The Morgan fingerprint density at radius 1 is 1.10 bits per heavy atom. The van der Waals surface area contributed by atoms with Gasteiger partial charge in [0.15, 0.2) is 0 Å². The first-order chi connectivity index (χ1) is 10.2. The maximum atomic E-state index is 5.40. The second-order valence-corrected chi connectivity index (χ2v) is 5.79. The van der Waals surface area contributed by atoms with E-state index in [0.717, 1.165) is 32.8 Å². The van der Waals surface area contributed by atoms with E-state index in [4.69, 9.17) is 4.74 Å². The van der Waals surface area contributed by atoms with Gasteiger partial charge in [0.05, 0.1) is 13.2 Å². The molecule has 0 bridgehead atoms. The molecular formula is C18H22N2O. The Labute approximate surface area is 126 Å². The fourth-order valence-electron chi connectivity index (χ4n) is 2.79. The number of nitrogens with zero attached hydrogens (tertiary/aromatic N) is 2. The molecule has 1 aromatic heterocycles. The van der Waals surface area contributed by atoms with Crippen molar-refractivity contribution >= 4 is 0 Å². The quantitative estimate of drug-likeness (QED) is 0.864. The van der Waals surface area contributed by atoms with Gasteiger partial charge in [-0.3, -0.25) is 9.88 Å². The summed E-state index contributed by atoms with van der Waals surface area (Å²) in [6.45, 7) is 8.93. The number of hydrogen-bond acceptors (Lipinski definition) is 3. The van der Waals surface area contributed by atoms with Crippen molar-refractivity contribution < 1.29 is 4.74 Å². The maximum Gasteiger partial charge on any atom is 0.0594 e. The Morgan fingerprint density at radius 2 is 1.90 bits per heavy atom. The van der Waals surface area contributed by atoms with Gasteiger partial charge in [0.1, 0.15) is 0 Å². The smallest absolute Gasteiger partial charge is 0.0594 e. The molecule has 1 aromatic carbocycles. The molecule has 3 rings (SSSR count). The monoisotopic (exact) mass is 282 g/mol. The summed E-state index contributed by atoms with van der Waals surface area (Å²) < 4.78 is 5.40. The highest BCUT2D eigenvalue weighted by atomic mass is 16.5. The van der Waals surface area contributed by atoms with Crippen LogP contribution in [0.25, 0.3) is 11.1 Å². The van der Waals surface area contributed by atoms with Crippen molar-refractivity contribution in [2.75, 3.05) is 26.3 Å². The number of benzene rings is 1. The highest BCUT2D eigenvalue weighted by molar-refractivity contribution is 5.67. The molecule has 0 aliphatic carbocycles. The van der Waals surface area contributed by atoms with Crippen molar-refractivity contribution in [1.29, 1.82) is 0 Å². The first-order valence-electron chi connectivity index (χ1n) is 7.54. The first kappa shape index (κ1) is 14.2. The number of pyridine rings is 1. The normalized spacial score (nSPS) is 16.1. The summed E-state index contributed by atoms with van der Waals surface area (Å²) in [5.41, 5.74) is 6.35. The van der Waals surface area contributed by atoms with Gasteiger partial charge in [-0.25, -0.2) is 0 Å². The van der Waals surface area contributed by atoms with Crippen molar-refractivity contribution in [2.45, 2.75) is 20.4 Å². The lowest BCUT2D eigenvalue weighted by atomic mass is 9.99. The molecule has 1 fully saturated rings. The number of morpholine rings is 1. The van der Waals surface area contributed by atoms with E-state index in [1.807, 2.05) is 12.4 Å². The Balaban J connectivity index is 1.83. The minimum absolute atomic E-state index is 0.837. The predicted molar refractivity (Wildman–Crippen MR) is 85.2 cm³/mol. The zero-order chi connectivity index (χ0) is 14.7. The third-order valence-electron chi connectivity index (χ3n) is 4.01. The molecule has 3 heteroatoms. The third-order valence-corrected chi connectivity index (χ3v) is 4.01. The van der Waals surface area contributed by atoms with Crippen LogP contribution >= 0.6 is 0 Å². The molecule has 110 valence electrons. The van der Waals surface area contributed by atoms with Crippen molar-refractivity contribution in [1.82, 2.24) is 9.88 Å². The second-order valence-electron chi connectivity index (χ2n) is 5.79. The van der Waals surface area contributed by atoms with Crippen LogP contribution in [0, 0.1) is 13.8 Å². The summed E-state index contributed by atoms with van der Waals surface area (Å²) in [7, 11) is 0. The van der Waals surface area contributed by atoms with Gasteiger partial charge in [0.2, 0.25) is 0 Å². The lowest BCUT2D eigenvalue weighted by molar-refractivity contribution is 0.0341.